The van der Waals surface area contributed by atoms with E-state index in [4.69, 9.17) is 4.74 Å². The van der Waals surface area contributed by atoms with Gasteiger partial charge in [-0.05, 0) is 31.0 Å². The Bertz CT molecular complexity index is 974. The first-order valence-corrected chi connectivity index (χ1v) is 9.00. The maximum Gasteiger partial charge on any atom is 0.260 e. The summed E-state index contributed by atoms with van der Waals surface area (Å²) in [5.41, 5.74) is 5.22. The zero-order valence-electron chi connectivity index (χ0n) is 15.8. The first kappa shape index (κ1) is 17.3. The Morgan fingerprint density at radius 3 is 3.00 bits per heavy atom. The highest BCUT2D eigenvalue weighted by molar-refractivity contribution is 5.78. The average Bonchev–Trinajstić information content (AvgIpc) is 3.30. The lowest BCUT2D eigenvalue weighted by Crippen LogP contribution is -2.41. The van der Waals surface area contributed by atoms with E-state index in [2.05, 4.69) is 15.1 Å². The van der Waals surface area contributed by atoms with Crippen LogP contribution in [0.1, 0.15) is 34.0 Å². The van der Waals surface area contributed by atoms with Crippen LogP contribution in [0.5, 0.6) is 5.75 Å². The zero-order valence-corrected chi connectivity index (χ0v) is 15.8. The second kappa shape index (κ2) is 6.90. The molecule has 1 aliphatic rings. The number of nitrogens with one attached hydrogen (secondary N) is 1. The van der Waals surface area contributed by atoms with Crippen molar-refractivity contribution >= 4 is 5.91 Å². The molecular formula is C20H23N5O2. The van der Waals surface area contributed by atoms with Crippen molar-refractivity contribution < 1.29 is 9.53 Å². The highest BCUT2D eigenvalue weighted by Gasteiger charge is 2.32. The van der Waals surface area contributed by atoms with Crippen molar-refractivity contribution in [1.29, 1.82) is 0 Å². The predicted octanol–water partition coefficient (Wildman–Crippen LogP) is 2.31. The van der Waals surface area contributed by atoms with Crippen LogP contribution in [0.15, 0.2) is 36.9 Å². The number of imidazole rings is 1. The summed E-state index contributed by atoms with van der Waals surface area (Å²) >= 11 is 0. The minimum Gasteiger partial charge on any atom is -0.483 e. The van der Waals surface area contributed by atoms with Crippen LogP contribution in [0.4, 0.5) is 0 Å². The van der Waals surface area contributed by atoms with Crippen LogP contribution >= 0.6 is 0 Å². The topological polar surface area (TPSA) is 76.0 Å². The third-order valence-electron chi connectivity index (χ3n) is 5.22. The van der Waals surface area contributed by atoms with Gasteiger partial charge in [0.2, 0.25) is 0 Å². The van der Waals surface area contributed by atoms with Gasteiger partial charge in [0.1, 0.15) is 5.75 Å². The number of nitrogens with zero attached hydrogens (tertiary/aromatic N) is 4. The molecule has 4 rings (SSSR count). The number of carbonyl (C=O) groups is 1. The third kappa shape index (κ3) is 3.32. The van der Waals surface area contributed by atoms with Crippen molar-refractivity contribution in [1.82, 2.24) is 24.6 Å². The summed E-state index contributed by atoms with van der Waals surface area (Å²) in [7, 11) is 1.89. The van der Waals surface area contributed by atoms with Gasteiger partial charge in [-0.1, -0.05) is 12.1 Å². The van der Waals surface area contributed by atoms with Crippen molar-refractivity contribution in [3.63, 3.8) is 0 Å². The van der Waals surface area contributed by atoms with Gasteiger partial charge in [-0.3, -0.25) is 9.48 Å². The molecule has 0 fully saturated rings. The fraction of sp³-hybridized carbons (Fsp3) is 0.350. The van der Waals surface area contributed by atoms with Gasteiger partial charge in [0.25, 0.3) is 5.91 Å². The lowest BCUT2D eigenvalue weighted by atomic mass is 9.93. The second-order valence-electron chi connectivity index (χ2n) is 7.03. The van der Waals surface area contributed by atoms with Gasteiger partial charge in [0.05, 0.1) is 30.5 Å². The number of hydrogen-bond donors (Lipinski definition) is 1. The Labute approximate surface area is 158 Å². The van der Waals surface area contributed by atoms with E-state index in [0.29, 0.717) is 13.1 Å². The molecular weight excluding hydrogens is 342 g/mol. The zero-order chi connectivity index (χ0) is 19.0. The predicted molar refractivity (Wildman–Crippen MR) is 100 cm³/mol. The van der Waals surface area contributed by atoms with E-state index in [1.807, 2.05) is 56.4 Å². The minimum atomic E-state index is -0.0370. The molecule has 0 saturated carbocycles. The number of aromatic nitrogens is 4. The molecule has 7 heteroatoms. The molecule has 0 aliphatic carbocycles. The smallest absolute Gasteiger partial charge is 0.260 e. The van der Waals surface area contributed by atoms with Gasteiger partial charge in [0.15, 0.2) is 6.61 Å². The molecule has 0 radical (unpaired) electrons. The molecule has 0 bridgehead atoms. The van der Waals surface area contributed by atoms with Crippen LogP contribution in [0.3, 0.4) is 0 Å². The highest BCUT2D eigenvalue weighted by Crippen LogP contribution is 2.31. The number of aryl methyl sites for hydroxylation is 2. The summed E-state index contributed by atoms with van der Waals surface area (Å²) in [6.07, 6.45) is 5.50. The molecule has 1 aliphatic heterocycles. The molecule has 3 aromatic rings. The Morgan fingerprint density at radius 1 is 1.37 bits per heavy atom. The van der Waals surface area contributed by atoms with Crippen LogP contribution in [-0.2, 0) is 18.4 Å². The van der Waals surface area contributed by atoms with Gasteiger partial charge in [-0.25, -0.2) is 4.98 Å². The van der Waals surface area contributed by atoms with Crippen molar-refractivity contribution in [3.8, 4) is 5.75 Å². The SMILES string of the molecule is Cc1cccc(OCC(=O)N2Cc3[nH]cnc3C(c3cnn(C)c3)C2)c1C. The first-order valence-electron chi connectivity index (χ1n) is 9.00. The summed E-state index contributed by atoms with van der Waals surface area (Å²) in [6.45, 7) is 5.14. The Balaban J connectivity index is 1.50. The Morgan fingerprint density at radius 2 is 2.22 bits per heavy atom. The lowest BCUT2D eigenvalue weighted by Gasteiger charge is -2.31. The van der Waals surface area contributed by atoms with E-state index in [1.54, 1.807) is 11.0 Å². The maximum absolute atomic E-state index is 12.8. The number of rotatable bonds is 4. The quantitative estimate of drug-likeness (QED) is 0.770. The number of carbonyl (C=O) groups excluding carboxylic acids is 1. The van der Waals surface area contributed by atoms with Gasteiger partial charge in [-0.2, -0.15) is 5.10 Å². The van der Waals surface area contributed by atoms with Crippen LogP contribution < -0.4 is 4.74 Å². The summed E-state index contributed by atoms with van der Waals surface area (Å²) < 4.78 is 7.58. The van der Waals surface area contributed by atoms with Crippen LogP contribution in [0.25, 0.3) is 0 Å². The van der Waals surface area contributed by atoms with E-state index >= 15 is 0 Å². The van der Waals surface area contributed by atoms with Crippen LogP contribution in [0, 0.1) is 13.8 Å². The van der Waals surface area contributed by atoms with Gasteiger partial charge >= 0.3 is 0 Å². The fourth-order valence-corrected chi connectivity index (χ4v) is 3.51. The Kier molecular flexibility index (Phi) is 4.43. The summed E-state index contributed by atoms with van der Waals surface area (Å²) in [6, 6.07) is 5.88. The molecule has 1 aromatic carbocycles. The standard InChI is InChI=1S/C20H23N5O2/c1-13-5-4-6-18(14(13)2)27-11-19(26)25-9-16(15-7-23-24(3)8-15)20-17(10-25)21-12-22-20/h4-8,12,16H,9-11H2,1-3H3,(H,21,22). The fourth-order valence-electron chi connectivity index (χ4n) is 3.51. The minimum absolute atomic E-state index is 0.0124. The van der Waals surface area contributed by atoms with Crippen molar-refractivity contribution in [2.75, 3.05) is 13.2 Å². The number of hydrogen-bond acceptors (Lipinski definition) is 4. The molecule has 1 amide bonds. The maximum atomic E-state index is 12.8. The number of aromatic amines is 1. The number of ether oxygens (including phenoxy) is 1. The normalized spacial score (nSPS) is 16.3. The monoisotopic (exact) mass is 365 g/mol. The number of benzene rings is 1. The molecule has 2 aromatic heterocycles. The second-order valence-corrected chi connectivity index (χ2v) is 7.03. The number of fused-ring (bicyclic) bond motifs is 1. The van der Waals surface area contributed by atoms with Gasteiger partial charge in [0, 0.05) is 31.3 Å². The summed E-state index contributed by atoms with van der Waals surface area (Å²) in [5, 5.41) is 4.26. The molecule has 27 heavy (non-hydrogen) atoms. The largest absolute Gasteiger partial charge is 0.483 e. The lowest BCUT2D eigenvalue weighted by molar-refractivity contribution is -0.134. The van der Waals surface area contributed by atoms with Crippen molar-refractivity contribution in [2.24, 2.45) is 7.05 Å². The molecule has 1 unspecified atom stereocenters. The Hall–Kier alpha value is -3.09. The highest BCUT2D eigenvalue weighted by atomic mass is 16.5. The summed E-state index contributed by atoms with van der Waals surface area (Å²) in [5.74, 6) is 0.731. The van der Waals surface area contributed by atoms with Gasteiger partial charge < -0.3 is 14.6 Å². The van der Waals surface area contributed by atoms with Crippen LogP contribution in [-0.4, -0.2) is 43.7 Å². The van der Waals surface area contributed by atoms with Crippen molar-refractivity contribution in [2.45, 2.75) is 26.3 Å². The molecule has 3 heterocycles. The van der Waals surface area contributed by atoms with E-state index in [-0.39, 0.29) is 18.4 Å². The van der Waals surface area contributed by atoms with E-state index in [1.165, 1.54) is 0 Å². The first-order chi connectivity index (χ1) is 13.0. The summed E-state index contributed by atoms with van der Waals surface area (Å²) in [4.78, 5) is 22.3. The van der Waals surface area contributed by atoms with Gasteiger partial charge in [-0.15, -0.1) is 0 Å². The number of amides is 1. The average molecular weight is 365 g/mol. The molecule has 7 nitrogen and oxygen atoms in total. The third-order valence-corrected chi connectivity index (χ3v) is 5.22. The molecule has 0 spiro atoms. The molecule has 0 saturated heterocycles. The molecule has 1 atom stereocenters. The molecule has 1 N–H and O–H groups in total. The van der Waals surface area contributed by atoms with Crippen molar-refractivity contribution in [3.05, 3.63) is 65.0 Å². The van der Waals surface area contributed by atoms with E-state index in [0.717, 1.165) is 33.8 Å². The van der Waals surface area contributed by atoms with E-state index < -0.39 is 0 Å². The van der Waals surface area contributed by atoms with Crippen LogP contribution in [0.2, 0.25) is 0 Å². The number of H-pyrrole nitrogens is 1. The molecule has 140 valence electrons. The van der Waals surface area contributed by atoms with E-state index in [9.17, 15) is 4.79 Å².